The summed E-state index contributed by atoms with van der Waals surface area (Å²) in [5.41, 5.74) is 1.89. The lowest BCUT2D eigenvalue weighted by Crippen LogP contribution is -2.30. The van der Waals surface area contributed by atoms with Crippen molar-refractivity contribution in [2.24, 2.45) is 0 Å². The Hall–Kier alpha value is -2.87. The van der Waals surface area contributed by atoms with Gasteiger partial charge in [0.05, 0.1) is 12.1 Å². The van der Waals surface area contributed by atoms with Crippen LogP contribution >= 0.6 is 12.2 Å². The molecule has 4 nitrogen and oxygen atoms in total. The molecule has 0 saturated heterocycles. The maximum Gasteiger partial charge on any atom is 0.416 e. The van der Waals surface area contributed by atoms with Crippen LogP contribution in [0.1, 0.15) is 22.4 Å². The van der Waals surface area contributed by atoms with E-state index in [0.29, 0.717) is 23.0 Å². The highest BCUT2D eigenvalue weighted by Gasteiger charge is 2.30. The number of rotatable bonds is 6. The molecule has 1 heterocycles. The van der Waals surface area contributed by atoms with Gasteiger partial charge in [-0.2, -0.15) is 18.3 Å². The van der Waals surface area contributed by atoms with Crippen LogP contribution in [0.2, 0.25) is 0 Å². The van der Waals surface area contributed by atoms with Crippen LogP contribution in [-0.2, 0) is 19.1 Å². The maximum atomic E-state index is 12.9. The summed E-state index contributed by atoms with van der Waals surface area (Å²) < 4.78 is 40.3. The largest absolute Gasteiger partial charge is 0.416 e. The molecule has 152 valence electrons. The Morgan fingerprint density at radius 2 is 1.76 bits per heavy atom. The van der Waals surface area contributed by atoms with Gasteiger partial charge in [0.2, 0.25) is 0 Å². The molecule has 0 radical (unpaired) electrons. The summed E-state index contributed by atoms with van der Waals surface area (Å²) in [5.74, 6) is 0.548. The first-order valence-electron chi connectivity index (χ1n) is 9.10. The molecule has 0 aliphatic heterocycles. The molecular weight excluding hydrogens is 397 g/mol. The molecule has 0 saturated carbocycles. The van der Waals surface area contributed by atoms with Crippen LogP contribution in [0, 0.1) is 6.92 Å². The van der Waals surface area contributed by atoms with Crippen LogP contribution < -0.4 is 10.6 Å². The van der Waals surface area contributed by atoms with E-state index in [4.69, 9.17) is 12.2 Å². The van der Waals surface area contributed by atoms with Gasteiger partial charge in [-0.3, -0.25) is 4.68 Å². The minimum atomic E-state index is -4.36. The van der Waals surface area contributed by atoms with Gasteiger partial charge < -0.3 is 10.6 Å². The molecule has 2 aromatic carbocycles. The molecule has 29 heavy (non-hydrogen) atoms. The van der Waals surface area contributed by atoms with Gasteiger partial charge in [0.15, 0.2) is 10.9 Å². The van der Waals surface area contributed by atoms with Crippen LogP contribution in [0.15, 0.2) is 60.7 Å². The number of alkyl halides is 3. The number of aryl methyl sites for hydroxylation is 1. The Balaban J connectivity index is 1.56. The number of thiocarbonyl (C=S) groups is 1. The third kappa shape index (κ3) is 6.05. The van der Waals surface area contributed by atoms with Gasteiger partial charge >= 0.3 is 6.18 Å². The van der Waals surface area contributed by atoms with E-state index in [1.165, 1.54) is 11.6 Å². The SMILES string of the molecule is Cc1cc(NC(=S)NCCc2ccccc2)nn1Cc1cccc(C(F)(F)F)c1. The zero-order valence-corrected chi connectivity index (χ0v) is 16.6. The van der Waals surface area contributed by atoms with E-state index in [-0.39, 0.29) is 6.54 Å². The zero-order valence-electron chi connectivity index (χ0n) is 15.8. The summed E-state index contributed by atoms with van der Waals surface area (Å²) in [6.07, 6.45) is -3.52. The van der Waals surface area contributed by atoms with Crippen molar-refractivity contribution in [1.29, 1.82) is 0 Å². The molecule has 0 aliphatic carbocycles. The summed E-state index contributed by atoms with van der Waals surface area (Å²) in [5, 5.41) is 11.0. The van der Waals surface area contributed by atoms with Crippen molar-refractivity contribution in [3.63, 3.8) is 0 Å². The molecule has 0 spiro atoms. The highest BCUT2D eigenvalue weighted by atomic mass is 32.1. The molecule has 0 bridgehead atoms. The Morgan fingerprint density at radius 1 is 1.03 bits per heavy atom. The minimum Gasteiger partial charge on any atom is -0.362 e. The van der Waals surface area contributed by atoms with E-state index in [0.717, 1.165) is 24.2 Å². The molecule has 0 atom stereocenters. The van der Waals surface area contributed by atoms with E-state index < -0.39 is 11.7 Å². The van der Waals surface area contributed by atoms with Crippen molar-refractivity contribution in [3.05, 3.63) is 83.0 Å². The first-order valence-corrected chi connectivity index (χ1v) is 9.51. The number of benzene rings is 2. The number of nitrogens with one attached hydrogen (secondary N) is 2. The van der Waals surface area contributed by atoms with Crippen LogP contribution in [0.25, 0.3) is 0 Å². The second-order valence-electron chi connectivity index (χ2n) is 6.64. The predicted octanol–water partition coefficient (Wildman–Crippen LogP) is 4.79. The fraction of sp³-hybridized carbons (Fsp3) is 0.238. The molecule has 0 aliphatic rings. The average molecular weight is 418 g/mol. The first-order chi connectivity index (χ1) is 13.8. The average Bonchev–Trinajstić information content (AvgIpc) is 3.01. The van der Waals surface area contributed by atoms with E-state index in [9.17, 15) is 13.2 Å². The van der Waals surface area contributed by atoms with Gasteiger partial charge in [0, 0.05) is 18.3 Å². The van der Waals surface area contributed by atoms with Crippen LogP contribution in [0.3, 0.4) is 0 Å². The Bertz CT molecular complexity index is 968. The van der Waals surface area contributed by atoms with Crippen molar-refractivity contribution < 1.29 is 13.2 Å². The minimum absolute atomic E-state index is 0.242. The van der Waals surface area contributed by atoms with E-state index in [1.807, 2.05) is 25.1 Å². The van der Waals surface area contributed by atoms with E-state index in [1.54, 1.807) is 16.8 Å². The van der Waals surface area contributed by atoms with E-state index >= 15 is 0 Å². The molecule has 0 fully saturated rings. The number of aromatic nitrogens is 2. The summed E-state index contributed by atoms with van der Waals surface area (Å²) in [6, 6.07) is 17.1. The molecule has 1 aromatic heterocycles. The summed E-state index contributed by atoms with van der Waals surface area (Å²) >= 11 is 5.30. The first kappa shape index (κ1) is 20.9. The van der Waals surface area contributed by atoms with Crippen molar-refractivity contribution in [2.45, 2.75) is 26.1 Å². The number of nitrogens with zero attached hydrogens (tertiary/aromatic N) is 2. The molecular formula is C21H21F3N4S. The number of anilines is 1. The number of hydrogen-bond donors (Lipinski definition) is 2. The van der Waals surface area contributed by atoms with Crippen molar-refractivity contribution in [3.8, 4) is 0 Å². The smallest absolute Gasteiger partial charge is 0.362 e. The van der Waals surface area contributed by atoms with Gasteiger partial charge in [-0.15, -0.1) is 0 Å². The standard InChI is InChI=1S/C21H21F3N4S/c1-15-12-19(26-20(29)25-11-10-16-6-3-2-4-7-16)27-28(15)14-17-8-5-9-18(13-17)21(22,23)24/h2-9,12-13H,10-11,14H2,1H3,(H2,25,26,27,29). The molecule has 2 N–H and O–H groups in total. The van der Waals surface area contributed by atoms with Crippen molar-refractivity contribution in [1.82, 2.24) is 15.1 Å². The summed E-state index contributed by atoms with van der Waals surface area (Å²) in [4.78, 5) is 0. The van der Waals surface area contributed by atoms with Gasteiger partial charge in [-0.25, -0.2) is 0 Å². The molecule has 3 rings (SSSR count). The topological polar surface area (TPSA) is 41.9 Å². The predicted molar refractivity (Wildman–Crippen MR) is 112 cm³/mol. The lowest BCUT2D eigenvalue weighted by Gasteiger charge is -2.10. The monoisotopic (exact) mass is 418 g/mol. The molecule has 8 heteroatoms. The van der Waals surface area contributed by atoms with Crippen molar-refractivity contribution >= 4 is 23.1 Å². The molecule has 0 unspecified atom stereocenters. The van der Waals surface area contributed by atoms with Gasteiger partial charge in [0.25, 0.3) is 0 Å². The van der Waals surface area contributed by atoms with Crippen LogP contribution in [-0.4, -0.2) is 21.4 Å². The van der Waals surface area contributed by atoms with Gasteiger partial charge in [-0.05, 0) is 48.8 Å². The summed E-state index contributed by atoms with van der Waals surface area (Å²) in [7, 11) is 0. The van der Waals surface area contributed by atoms with Crippen LogP contribution in [0.5, 0.6) is 0 Å². The maximum absolute atomic E-state index is 12.9. The highest BCUT2D eigenvalue weighted by Crippen LogP contribution is 2.29. The lowest BCUT2D eigenvalue weighted by molar-refractivity contribution is -0.137. The summed E-state index contributed by atoms with van der Waals surface area (Å²) in [6.45, 7) is 2.77. The second kappa shape index (κ2) is 9.09. The van der Waals surface area contributed by atoms with Gasteiger partial charge in [-0.1, -0.05) is 42.5 Å². The normalized spacial score (nSPS) is 11.3. The third-order valence-electron chi connectivity index (χ3n) is 4.35. The zero-order chi connectivity index (χ0) is 20.9. The van der Waals surface area contributed by atoms with Gasteiger partial charge in [0.1, 0.15) is 0 Å². The van der Waals surface area contributed by atoms with E-state index in [2.05, 4.69) is 27.9 Å². The molecule has 3 aromatic rings. The number of hydrogen-bond acceptors (Lipinski definition) is 2. The van der Waals surface area contributed by atoms with Crippen molar-refractivity contribution in [2.75, 3.05) is 11.9 Å². The Morgan fingerprint density at radius 3 is 2.48 bits per heavy atom. The quantitative estimate of drug-likeness (QED) is 0.565. The molecule has 0 amide bonds. The fourth-order valence-corrected chi connectivity index (χ4v) is 3.08. The Labute approximate surface area is 172 Å². The number of halogens is 3. The Kier molecular flexibility index (Phi) is 6.53. The third-order valence-corrected chi connectivity index (χ3v) is 4.60. The lowest BCUT2D eigenvalue weighted by atomic mass is 10.1. The highest BCUT2D eigenvalue weighted by molar-refractivity contribution is 7.80. The van der Waals surface area contributed by atoms with Crippen LogP contribution in [0.4, 0.5) is 19.0 Å². The second-order valence-corrected chi connectivity index (χ2v) is 7.05. The fourth-order valence-electron chi connectivity index (χ4n) is 2.88.